The molecule has 5 aromatic carbocycles. The van der Waals surface area contributed by atoms with E-state index >= 15 is 0 Å². The first-order valence-corrected chi connectivity index (χ1v) is 24.0. The summed E-state index contributed by atoms with van der Waals surface area (Å²) in [5, 5.41) is 0. The highest BCUT2D eigenvalue weighted by atomic mass is 32.2. The standard InChI is InChI=1S/C54H54O17S/c1-33(55)62-30-41-44(64-34(2)56)46(65-35(3)57)49(66-43(36-20-10-5-11-21-36)32-72-40-28-18-9-19-29-40)54(68-41)63-31-42-45(69-50(58)37-22-12-6-13-23-37)47(70-51(59)38-24-14-7-15-25-38)48(53(61-4)67-42)71-52(60)39-26-16-8-17-27-39/h5-29,41-49,53-54H,30-32H2,1-4H3/t41-,42-,43-,44-,45-,46+,47+,48+,49-,53+,54+/m1/s1. The summed E-state index contributed by atoms with van der Waals surface area (Å²) in [6, 6.07) is 42.8. The van der Waals surface area contributed by atoms with Gasteiger partial charge in [-0.1, -0.05) is 103 Å². The van der Waals surface area contributed by atoms with Crippen LogP contribution in [0.2, 0.25) is 0 Å². The Bertz CT molecular complexity index is 2550. The van der Waals surface area contributed by atoms with E-state index in [9.17, 15) is 28.8 Å². The molecule has 0 spiro atoms. The molecular weight excluding hydrogens is 953 g/mol. The van der Waals surface area contributed by atoms with Gasteiger partial charge >= 0.3 is 35.8 Å². The molecule has 72 heavy (non-hydrogen) atoms. The summed E-state index contributed by atoms with van der Waals surface area (Å²) in [6.07, 6.45) is -15.6. The van der Waals surface area contributed by atoms with Crippen molar-refractivity contribution in [3.8, 4) is 0 Å². The number of benzene rings is 5. The molecule has 0 aromatic heterocycles. The third kappa shape index (κ3) is 14.4. The third-order valence-corrected chi connectivity index (χ3v) is 12.4. The molecule has 0 N–H and O–H groups in total. The van der Waals surface area contributed by atoms with E-state index in [1.165, 1.54) is 69.1 Å². The van der Waals surface area contributed by atoms with Gasteiger partial charge in [0.25, 0.3) is 0 Å². The predicted octanol–water partition coefficient (Wildman–Crippen LogP) is 7.12. The van der Waals surface area contributed by atoms with Gasteiger partial charge < -0.3 is 52.1 Å². The molecule has 2 fully saturated rings. The quantitative estimate of drug-likeness (QED) is 0.0432. The average Bonchev–Trinajstić information content (AvgIpc) is 3.39. The number of hydrogen-bond donors (Lipinski definition) is 0. The Morgan fingerprint density at radius 2 is 0.889 bits per heavy atom. The van der Waals surface area contributed by atoms with Crippen LogP contribution in [-0.4, -0.2) is 123 Å². The summed E-state index contributed by atoms with van der Waals surface area (Å²) in [4.78, 5) is 80.9. The summed E-state index contributed by atoms with van der Waals surface area (Å²) in [6.45, 7) is 2.44. The predicted molar refractivity (Wildman–Crippen MR) is 256 cm³/mol. The van der Waals surface area contributed by atoms with E-state index in [2.05, 4.69) is 0 Å². The summed E-state index contributed by atoms with van der Waals surface area (Å²) >= 11 is 1.48. The zero-order chi connectivity index (χ0) is 51.0. The van der Waals surface area contributed by atoms with Crippen LogP contribution in [0.4, 0.5) is 0 Å². The number of ether oxygens (including phenoxy) is 11. The topological polar surface area (TPSA) is 204 Å². The van der Waals surface area contributed by atoms with Crippen molar-refractivity contribution < 1.29 is 80.9 Å². The minimum absolute atomic E-state index is 0.121. The molecule has 2 aliphatic rings. The zero-order valence-electron chi connectivity index (χ0n) is 39.8. The molecule has 11 atom stereocenters. The van der Waals surface area contributed by atoms with Gasteiger partial charge in [0.2, 0.25) is 0 Å². The van der Waals surface area contributed by atoms with Crippen molar-refractivity contribution in [2.24, 2.45) is 0 Å². The van der Waals surface area contributed by atoms with Gasteiger partial charge in [-0.2, -0.15) is 0 Å². The summed E-state index contributed by atoms with van der Waals surface area (Å²) < 4.78 is 67.9. The number of thioether (sulfide) groups is 1. The molecule has 7 rings (SSSR count). The fraction of sp³-hybridized carbons (Fsp3) is 0.333. The monoisotopic (exact) mass is 1010 g/mol. The van der Waals surface area contributed by atoms with Crippen LogP contribution in [0.25, 0.3) is 0 Å². The van der Waals surface area contributed by atoms with Crippen LogP contribution in [-0.2, 0) is 66.5 Å². The van der Waals surface area contributed by atoms with Crippen molar-refractivity contribution >= 4 is 47.6 Å². The maximum Gasteiger partial charge on any atom is 0.338 e. The van der Waals surface area contributed by atoms with E-state index in [0.717, 1.165) is 17.4 Å². The molecule has 2 heterocycles. The van der Waals surface area contributed by atoms with Gasteiger partial charge in [0, 0.05) is 38.5 Å². The van der Waals surface area contributed by atoms with Gasteiger partial charge in [-0.3, -0.25) is 14.4 Å². The number of carbonyl (C=O) groups excluding carboxylic acids is 6. The molecule has 0 unspecified atom stereocenters. The second-order valence-corrected chi connectivity index (χ2v) is 17.5. The SMILES string of the molecule is CO[C@H]1O[C@H](CO[C@H]2O[C@H](COC(C)=O)[C@@H](OC(C)=O)[C@H](OC(C)=O)[C@H]2O[C@H](CSc2ccccc2)c2ccccc2)[C@@H](OC(=O)c2ccccc2)[C@H](OC(=O)c2ccccc2)[C@@H]1OC(=O)c1ccccc1. The normalized spacial score (nSPS) is 24.1. The average molecular weight is 1010 g/mol. The Morgan fingerprint density at radius 3 is 1.39 bits per heavy atom. The van der Waals surface area contributed by atoms with Gasteiger partial charge in [0.15, 0.2) is 43.1 Å². The lowest BCUT2D eigenvalue weighted by Crippen LogP contribution is -2.65. The smallest absolute Gasteiger partial charge is 0.338 e. The Hall–Kier alpha value is -6.93. The Balaban J connectivity index is 1.30. The van der Waals surface area contributed by atoms with Crippen LogP contribution < -0.4 is 0 Å². The van der Waals surface area contributed by atoms with Crippen LogP contribution in [0.3, 0.4) is 0 Å². The van der Waals surface area contributed by atoms with Crippen LogP contribution >= 0.6 is 11.8 Å². The van der Waals surface area contributed by atoms with Gasteiger partial charge in [-0.05, 0) is 54.1 Å². The Morgan fingerprint density at radius 1 is 0.472 bits per heavy atom. The van der Waals surface area contributed by atoms with E-state index in [4.69, 9.17) is 52.1 Å². The molecule has 18 heteroatoms. The highest BCUT2D eigenvalue weighted by Gasteiger charge is 2.56. The molecule has 5 aromatic rings. The van der Waals surface area contributed by atoms with Crippen LogP contribution in [0, 0.1) is 0 Å². The van der Waals surface area contributed by atoms with Crippen molar-refractivity contribution in [3.05, 3.63) is 174 Å². The van der Waals surface area contributed by atoms with E-state index in [-0.39, 0.29) is 16.7 Å². The van der Waals surface area contributed by atoms with Crippen molar-refractivity contribution in [2.75, 3.05) is 26.1 Å². The highest BCUT2D eigenvalue weighted by Crippen LogP contribution is 2.37. The first kappa shape index (κ1) is 52.9. The minimum Gasteiger partial charge on any atom is -0.463 e. The first-order chi connectivity index (χ1) is 34.9. The van der Waals surface area contributed by atoms with Crippen molar-refractivity contribution in [1.29, 1.82) is 0 Å². The number of hydrogen-bond acceptors (Lipinski definition) is 18. The summed E-state index contributed by atoms with van der Waals surface area (Å²) in [5.41, 5.74) is 1.12. The van der Waals surface area contributed by atoms with Gasteiger partial charge in [0.05, 0.1) is 29.4 Å². The van der Waals surface area contributed by atoms with E-state index in [1.54, 1.807) is 54.6 Å². The van der Waals surface area contributed by atoms with Crippen LogP contribution in [0.5, 0.6) is 0 Å². The highest BCUT2D eigenvalue weighted by molar-refractivity contribution is 7.99. The largest absolute Gasteiger partial charge is 0.463 e. The molecule has 17 nitrogen and oxygen atoms in total. The summed E-state index contributed by atoms with van der Waals surface area (Å²) in [7, 11) is 1.28. The lowest BCUT2D eigenvalue weighted by atomic mass is 9.96. The minimum atomic E-state index is -1.62. The van der Waals surface area contributed by atoms with E-state index < -0.39 is 117 Å². The van der Waals surface area contributed by atoms with Gasteiger partial charge in [-0.15, -0.1) is 11.8 Å². The Kier molecular flexibility index (Phi) is 19.1. The van der Waals surface area contributed by atoms with Gasteiger partial charge in [-0.25, -0.2) is 14.4 Å². The van der Waals surface area contributed by atoms with Gasteiger partial charge in [0.1, 0.15) is 24.9 Å². The second kappa shape index (κ2) is 26.0. The fourth-order valence-corrected chi connectivity index (χ4v) is 8.97. The number of methoxy groups -OCH3 is 1. The number of rotatable bonds is 20. The lowest BCUT2D eigenvalue weighted by molar-refractivity contribution is -0.337. The first-order valence-electron chi connectivity index (χ1n) is 23.0. The maximum absolute atomic E-state index is 14.1. The fourth-order valence-electron chi connectivity index (χ4n) is 8.00. The van der Waals surface area contributed by atoms with Crippen molar-refractivity contribution in [3.63, 3.8) is 0 Å². The Labute approximate surface area is 420 Å². The molecule has 0 radical (unpaired) electrons. The van der Waals surface area contributed by atoms with Crippen LogP contribution in [0.1, 0.15) is 63.5 Å². The van der Waals surface area contributed by atoms with Crippen molar-refractivity contribution in [2.45, 2.75) is 93.2 Å². The second-order valence-electron chi connectivity index (χ2n) is 16.4. The molecule has 378 valence electrons. The maximum atomic E-state index is 14.1. The molecule has 0 saturated carbocycles. The molecule has 0 aliphatic carbocycles. The lowest BCUT2D eigenvalue weighted by Gasteiger charge is -2.47. The van der Waals surface area contributed by atoms with E-state index in [0.29, 0.717) is 5.75 Å². The molecule has 0 amide bonds. The molecule has 0 bridgehead atoms. The third-order valence-electron chi connectivity index (χ3n) is 11.3. The summed E-state index contributed by atoms with van der Waals surface area (Å²) in [5.74, 6) is -4.48. The number of carbonyl (C=O) groups is 6. The zero-order valence-corrected chi connectivity index (χ0v) is 40.6. The molecule has 2 aliphatic heterocycles. The van der Waals surface area contributed by atoms with Crippen LogP contribution in [0.15, 0.2) is 157 Å². The van der Waals surface area contributed by atoms with Crippen molar-refractivity contribution in [1.82, 2.24) is 0 Å². The van der Waals surface area contributed by atoms with E-state index in [1.807, 2.05) is 60.7 Å². The molecule has 2 saturated heterocycles. The number of esters is 6. The molecular formula is C54H54O17S.